The summed E-state index contributed by atoms with van der Waals surface area (Å²) in [5.41, 5.74) is 2.43. The molecule has 4 nitrogen and oxygen atoms in total. The first-order chi connectivity index (χ1) is 10.2. The van der Waals surface area contributed by atoms with E-state index in [-0.39, 0.29) is 12.1 Å². The number of benzene rings is 1. The van der Waals surface area contributed by atoms with Gasteiger partial charge in [0, 0.05) is 24.8 Å². The predicted octanol–water partition coefficient (Wildman–Crippen LogP) is 2.80. The van der Waals surface area contributed by atoms with Gasteiger partial charge in [-0.15, -0.1) is 0 Å². The van der Waals surface area contributed by atoms with Crippen LogP contribution in [0, 0.1) is 0 Å². The van der Waals surface area contributed by atoms with Crippen LogP contribution in [0.25, 0.3) is 0 Å². The summed E-state index contributed by atoms with van der Waals surface area (Å²) in [4.78, 5) is 16.3. The van der Waals surface area contributed by atoms with Crippen LogP contribution in [0.5, 0.6) is 0 Å². The van der Waals surface area contributed by atoms with E-state index in [2.05, 4.69) is 43.4 Å². The molecule has 2 saturated heterocycles. The summed E-state index contributed by atoms with van der Waals surface area (Å²) in [6.07, 6.45) is 2.38. The molecule has 1 aromatic rings. The van der Waals surface area contributed by atoms with E-state index in [1.54, 1.807) is 0 Å². The van der Waals surface area contributed by atoms with Crippen molar-refractivity contribution >= 4 is 11.7 Å². The van der Waals surface area contributed by atoms with Gasteiger partial charge in [0.15, 0.2) is 0 Å². The molecule has 2 aliphatic rings. The minimum Gasteiger partial charge on any atom is -0.320 e. The van der Waals surface area contributed by atoms with Crippen LogP contribution in [0.15, 0.2) is 24.3 Å². The van der Waals surface area contributed by atoms with E-state index in [1.165, 1.54) is 18.4 Å². The molecule has 114 valence electrons. The summed E-state index contributed by atoms with van der Waals surface area (Å²) in [5.74, 6) is 0.630. The molecule has 4 heteroatoms. The van der Waals surface area contributed by atoms with Crippen molar-refractivity contribution in [3.8, 4) is 0 Å². The zero-order chi connectivity index (χ0) is 14.8. The highest BCUT2D eigenvalue weighted by Crippen LogP contribution is 2.29. The number of urea groups is 1. The van der Waals surface area contributed by atoms with Crippen molar-refractivity contribution in [3.63, 3.8) is 0 Å². The second kappa shape index (κ2) is 6.06. The number of anilines is 1. The molecule has 2 heterocycles. The number of carbonyl (C=O) groups excluding carboxylic acids is 1. The Balaban J connectivity index is 1.78. The van der Waals surface area contributed by atoms with Crippen molar-refractivity contribution in [2.24, 2.45) is 0 Å². The largest absolute Gasteiger partial charge is 0.324 e. The summed E-state index contributed by atoms with van der Waals surface area (Å²) < 4.78 is 0. The van der Waals surface area contributed by atoms with E-state index in [1.807, 2.05) is 9.80 Å². The molecule has 0 aliphatic carbocycles. The highest BCUT2D eigenvalue weighted by atomic mass is 16.2. The highest BCUT2D eigenvalue weighted by molar-refractivity contribution is 5.94. The SMILES string of the molecule is CC(C)N1CCN(c2cccc(C3CCNCC3)c2)C1=O. The van der Waals surface area contributed by atoms with Gasteiger partial charge in [-0.1, -0.05) is 12.1 Å². The van der Waals surface area contributed by atoms with Crippen LogP contribution in [-0.2, 0) is 0 Å². The van der Waals surface area contributed by atoms with E-state index in [4.69, 9.17) is 0 Å². The molecule has 0 spiro atoms. The van der Waals surface area contributed by atoms with Crippen molar-refractivity contribution in [1.29, 1.82) is 0 Å². The zero-order valence-corrected chi connectivity index (χ0v) is 13.0. The third kappa shape index (κ3) is 2.91. The Morgan fingerprint density at radius 3 is 2.62 bits per heavy atom. The summed E-state index contributed by atoms with van der Waals surface area (Å²) >= 11 is 0. The molecule has 0 bridgehead atoms. The monoisotopic (exact) mass is 287 g/mol. The molecule has 21 heavy (non-hydrogen) atoms. The molecule has 0 aromatic heterocycles. The van der Waals surface area contributed by atoms with Crippen molar-refractivity contribution in [2.75, 3.05) is 31.1 Å². The van der Waals surface area contributed by atoms with E-state index >= 15 is 0 Å². The lowest BCUT2D eigenvalue weighted by Crippen LogP contribution is -2.36. The lowest BCUT2D eigenvalue weighted by molar-refractivity contribution is 0.209. The first-order valence-electron chi connectivity index (χ1n) is 8.05. The second-order valence-corrected chi connectivity index (χ2v) is 6.34. The molecule has 2 fully saturated rings. The van der Waals surface area contributed by atoms with Crippen molar-refractivity contribution in [3.05, 3.63) is 29.8 Å². The van der Waals surface area contributed by atoms with E-state index < -0.39 is 0 Å². The lowest BCUT2D eigenvalue weighted by atomic mass is 9.90. The maximum Gasteiger partial charge on any atom is 0.324 e. The van der Waals surface area contributed by atoms with Gasteiger partial charge in [0.05, 0.1) is 0 Å². The Hall–Kier alpha value is -1.55. The normalized spacial score (nSPS) is 20.6. The van der Waals surface area contributed by atoms with E-state index in [0.29, 0.717) is 5.92 Å². The summed E-state index contributed by atoms with van der Waals surface area (Å²) in [6.45, 7) is 7.97. The maximum atomic E-state index is 12.5. The average Bonchev–Trinajstić information content (AvgIpc) is 2.90. The van der Waals surface area contributed by atoms with Crippen LogP contribution < -0.4 is 10.2 Å². The Kier molecular flexibility index (Phi) is 4.15. The minimum atomic E-state index is 0.146. The molecule has 1 aromatic carbocycles. The summed E-state index contributed by atoms with van der Waals surface area (Å²) in [6, 6.07) is 9.00. The first-order valence-corrected chi connectivity index (χ1v) is 8.05. The fourth-order valence-corrected chi connectivity index (χ4v) is 3.37. The smallest absolute Gasteiger partial charge is 0.320 e. The van der Waals surface area contributed by atoms with Gasteiger partial charge >= 0.3 is 6.03 Å². The van der Waals surface area contributed by atoms with Gasteiger partial charge in [0.25, 0.3) is 0 Å². The summed E-state index contributed by atoms with van der Waals surface area (Å²) in [5, 5.41) is 3.41. The van der Waals surface area contributed by atoms with Gasteiger partial charge in [-0.05, 0) is 63.4 Å². The molecular weight excluding hydrogens is 262 g/mol. The molecule has 0 unspecified atom stereocenters. The van der Waals surface area contributed by atoms with Gasteiger partial charge in [-0.2, -0.15) is 0 Å². The minimum absolute atomic E-state index is 0.146. The van der Waals surface area contributed by atoms with Crippen LogP contribution in [0.4, 0.5) is 10.5 Å². The van der Waals surface area contributed by atoms with Crippen LogP contribution >= 0.6 is 0 Å². The fourth-order valence-electron chi connectivity index (χ4n) is 3.37. The topological polar surface area (TPSA) is 35.6 Å². The van der Waals surface area contributed by atoms with Gasteiger partial charge in [-0.25, -0.2) is 4.79 Å². The molecule has 2 amide bonds. The van der Waals surface area contributed by atoms with Crippen LogP contribution in [0.1, 0.15) is 38.2 Å². The molecule has 1 N–H and O–H groups in total. The number of piperidine rings is 1. The second-order valence-electron chi connectivity index (χ2n) is 6.34. The molecular formula is C17H25N3O. The van der Waals surface area contributed by atoms with E-state index in [0.717, 1.165) is 31.9 Å². The quantitative estimate of drug-likeness (QED) is 0.928. The molecule has 3 rings (SSSR count). The van der Waals surface area contributed by atoms with Gasteiger partial charge < -0.3 is 10.2 Å². The number of hydrogen-bond donors (Lipinski definition) is 1. The third-order valence-electron chi connectivity index (χ3n) is 4.66. The maximum absolute atomic E-state index is 12.5. The zero-order valence-electron chi connectivity index (χ0n) is 13.0. The number of nitrogens with one attached hydrogen (secondary N) is 1. The predicted molar refractivity (Wildman–Crippen MR) is 85.9 cm³/mol. The number of carbonyl (C=O) groups is 1. The van der Waals surface area contributed by atoms with Crippen LogP contribution in [0.2, 0.25) is 0 Å². The molecule has 0 radical (unpaired) electrons. The molecule has 0 saturated carbocycles. The van der Waals surface area contributed by atoms with Crippen LogP contribution in [-0.4, -0.2) is 43.2 Å². The molecule has 2 aliphatic heterocycles. The number of hydrogen-bond acceptors (Lipinski definition) is 2. The molecule has 0 atom stereocenters. The lowest BCUT2D eigenvalue weighted by Gasteiger charge is -2.25. The Bertz CT molecular complexity index is 509. The van der Waals surface area contributed by atoms with Crippen molar-refractivity contribution < 1.29 is 4.79 Å². The standard InChI is InChI=1S/C17H25N3O/c1-13(2)19-10-11-20(17(19)21)16-5-3-4-15(12-16)14-6-8-18-9-7-14/h3-5,12-14,18H,6-11H2,1-2H3. The van der Waals surface area contributed by atoms with Crippen LogP contribution in [0.3, 0.4) is 0 Å². The van der Waals surface area contributed by atoms with Crippen molar-refractivity contribution in [2.45, 2.75) is 38.6 Å². The number of nitrogens with zero attached hydrogens (tertiary/aromatic N) is 2. The highest BCUT2D eigenvalue weighted by Gasteiger charge is 2.31. The first kappa shape index (κ1) is 14.4. The van der Waals surface area contributed by atoms with Gasteiger partial charge in [0.2, 0.25) is 0 Å². The Labute approximate surface area is 127 Å². The Morgan fingerprint density at radius 1 is 1.19 bits per heavy atom. The third-order valence-corrected chi connectivity index (χ3v) is 4.66. The average molecular weight is 287 g/mol. The Morgan fingerprint density at radius 2 is 1.95 bits per heavy atom. The fraction of sp³-hybridized carbons (Fsp3) is 0.588. The van der Waals surface area contributed by atoms with E-state index in [9.17, 15) is 4.79 Å². The van der Waals surface area contributed by atoms with Gasteiger partial charge in [-0.3, -0.25) is 4.90 Å². The number of rotatable bonds is 3. The number of amides is 2. The van der Waals surface area contributed by atoms with Crippen molar-refractivity contribution in [1.82, 2.24) is 10.2 Å². The summed E-state index contributed by atoms with van der Waals surface area (Å²) in [7, 11) is 0. The van der Waals surface area contributed by atoms with Gasteiger partial charge in [0.1, 0.15) is 0 Å².